The molecule has 2 aromatic rings. The highest BCUT2D eigenvalue weighted by atomic mass is 19.1. The minimum atomic E-state index is -0.529. The molecule has 0 atom stereocenters. The lowest BCUT2D eigenvalue weighted by atomic mass is 10.1. The van der Waals surface area contributed by atoms with Gasteiger partial charge in [-0.15, -0.1) is 0 Å². The van der Waals surface area contributed by atoms with Gasteiger partial charge in [0.15, 0.2) is 0 Å². The molecule has 0 aliphatic rings. The van der Waals surface area contributed by atoms with Crippen LogP contribution in [0.15, 0.2) is 36.4 Å². The summed E-state index contributed by atoms with van der Waals surface area (Å²) in [6.45, 7) is 2.92. The third kappa shape index (κ3) is 4.32. The van der Waals surface area contributed by atoms with Crippen LogP contribution in [0.4, 0.5) is 4.39 Å². The molecule has 0 aliphatic carbocycles. The number of hydrogen-bond donors (Lipinski definition) is 1. The first-order valence-electron chi connectivity index (χ1n) is 7.26. The molecule has 0 unspecified atom stereocenters. The Morgan fingerprint density at radius 1 is 1.17 bits per heavy atom. The Balaban J connectivity index is 2.37. The van der Waals surface area contributed by atoms with E-state index >= 15 is 0 Å². The van der Waals surface area contributed by atoms with Gasteiger partial charge in [-0.25, -0.2) is 4.39 Å². The molecular weight excluding hydrogens is 293 g/mol. The molecule has 1 N–H and O–H groups in total. The van der Waals surface area contributed by atoms with Crippen LogP contribution in [0.1, 0.15) is 35.6 Å². The molecule has 2 rings (SSSR count). The van der Waals surface area contributed by atoms with Gasteiger partial charge in [0.2, 0.25) is 0 Å². The molecule has 116 valence electrons. The smallest absolute Gasteiger partial charge is 0.140 e. The Kier molecular flexibility index (Phi) is 5.74. The largest absolute Gasteiger partial charge is 0.508 e. The van der Waals surface area contributed by atoms with Crippen molar-refractivity contribution in [3.63, 3.8) is 0 Å². The van der Waals surface area contributed by atoms with Crippen LogP contribution in [0, 0.1) is 29.0 Å². The zero-order valence-corrected chi connectivity index (χ0v) is 12.8. The average molecular weight is 309 g/mol. The molecule has 0 saturated carbocycles. The standard InChI is InChI=1S/C19H16FNO2/c1-2-10-23-13-16-11-17(22)8-6-14(16)7-9-18-15(12-21)4-3-5-19(18)20/h3-6,8,11,22H,2,10,13H2,1H3. The van der Waals surface area contributed by atoms with Crippen LogP contribution in [-0.2, 0) is 11.3 Å². The summed E-state index contributed by atoms with van der Waals surface area (Å²) in [5, 5.41) is 18.6. The Bertz CT molecular complexity index is 797. The van der Waals surface area contributed by atoms with Crippen LogP contribution in [0.2, 0.25) is 0 Å². The van der Waals surface area contributed by atoms with E-state index in [4.69, 9.17) is 10.00 Å². The summed E-state index contributed by atoms with van der Waals surface area (Å²) in [5.41, 5.74) is 1.62. The van der Waals surface area contributed by atoms with Crippen LogP contribution >= 0.6 is 0 Å². The molecule has 0 amide bonds. The highest BCUT2D eigenvalue weighted by Crippen LogP contribution is 2.18. The lowest BCUT2D eigenvalue weighted by Crippen LogP contribution is -1.97. The molecule has 4 heteroatoms. The average Bonchev–Trinajstić information content (AvgIpc) is 2.55. The Hall–Kier alpha value is -2.82. The molecule has 0 radical (unpaired) electrons. The van der Waals surface area contributed by atoms with E-state index in [2.05, 4.69) is 11.8 Å². The number of phenolic OH excluding ortho intramolecular Hbond substituents is 1. The van der Waals surface area contributed by atoms with Gasteiger partial charge in [0.1, 0.15) is 17.6 Å². The van der Waals surface area contributed by atoms with Gasteiger partial charge in [-0.1, -0.05) is 24.8 Å². The third-order valence-corrected chi connectivity index (χ3v) is 3.15. The second kappa shape index (κ2) is 7.98. The van der Waals surface area contributed by atoms with E-state index in [1.807, 2.05) is 13.0 Å². The van der Waals surface area contributed by atoms with Gasteiger partial charge in [-0.3, -0.25) is 0 Å². The summed E-state index contributed by atoms with van der Waals surface area (Å²) in [4.78, 5) is 0. The van der Waals surface area contributed by atoms with Crippen molar-refractivity contribution in [2.45, 2.75) is 20.0 Å². The van der Waals surface area contributed by atoms with Crippen LogP contribution in [0.3, 0.4) is 0 Å². The molecule has 0 aliphatic heterocycles. The molecule has 23 heavy (non-hydrogen) atoms. The van der Waals surface area contributed by atoms with Crippen molar-refractivity contribution < 1.29 is 14.2 Å². The van der Waals surface area contributed by atoms with E-state index in [1.54, 1.807) is 12.1 Å². The van der Waals surface area contributed by atoms with E-state index < -0.39 is 5.82 Å². The topological polar surface area (TPSA) is 53.2 Å². The van der Waals surface area contributed by atoms with E-state index in [9.17, 15) is 9.50 Å². The minimum Gasteiger partial charge on any atom is -0.508 e. The van der Waals surface area contributed by atoms with Crippen molar-refractivity contribution in [3.8, 4) is 23.7 Å². The highest BCUT2D eigenvalue weighted by Gasteiger charge is 2.06. The van der Waals surface area contributed by atoms with Crippen LogP contribution in [0.5, 0.6) is 5.75 Å². The number of nitriles is 1. The summed E-state index contributed by atoms with van der Waals surface area (Å²) in [6, 6.07) is 10.9. The zero-order valence-electron chi connectivity index (χ0n) is 12.8. The van der Waals surface area contributed by atoms with Gasteiger partial charge in [0, 0.05) is 12.2 Å². The molecule has 0 heterocycles. The number of rotatable bonds is 4. The van der Waals surface area contributed by atoms with E-state index in [1.165, 1.54) is 24.3 Å². The fourth-order valence-electron chi connectivity index (χ4n) is 2.02. The molecule has 0 bridgehead atoms. The van der Waals surface area contributed by atoms with Gasteiger partial charge in [-0.2, -0.15) is 5.26 Å². The summed E-state index contributed by atoms with van der Waals surface area (Å²) < 4.78 is 19.3. The minimum absolute atomic E-state index is 0.0727. The Labute approximate surface area is 135 Å². The summed E-state index contributed by atoms with van der Waals surface area (Å²) in [6.07, 6.45) is 0.889. The van der Waals surface area contributed by atoms with Crippen LogP contribution in [-0.4, -0.2) is 11.7 Å². The third-order valence-electron chi connectivity index (χ3n) is 3.15. The van der Waals surface area contributed by atoms with Gasteiger partial charge < -0.3 is 9.84 Å². The number of nitrogens with zero attached hydrogens (tertiary/aromatic N) is 1. The lowest BCUT2D eigenvalue weighted by Gasteiger charge is -2.06. The van der Waals surface area contributed by atoms with Gasteiger partial charge >= 0.3 is 0 Å². The molecule has 0 fully saturated rings. The zero-order chi connectivity index (χ0) is 16.7. The molecule has 0 saturated heterocycles. The van der Waals surface area contributed by atoms with Crippen molar-refractivity contribution in [1.82, 2.24) is 0 Å². The first-order chi connectivity index (χ1) is 11.2. The van der Waals surface area contributed by atoms with Gasteiger partial charge in [0.05, 0.1) is 17.7 Å². The predicted octanol–water partition coefficient (Wildman–Crippen LogP) is 3.73. The SMILES string of the molecule is CCCOCc1cc(O)ccc1C#Cc1c(F)cccc1C#N. The van der Waals surface area contributed by atoms with E-state index in [0.717, 1.165) is 12.0 Å². The second-order valence-electron chi connectivity index (χ2n) is 4.92. The number of aromatic hydroxyl groups is 1. The monoisotopic (exact) mass is 309 g/mol. The second-order valence-corrected chi connectivity index (χ2v) is 4.92. The van der Waals surface area contributed by atoms with Crippen molar-refractivity contribution in [2.75, 3.05) is 6.61 Å². The highest BCUT2D eigenvalue weighted by molar-refractivity contribution is 5.53. The molecule has 0 aromatic heterocycles. The molecule has 2 aromatic carbocycles. The number of benzene rings is 2. The summed E-state index contributed by atoms with van der Waals surface area (Å²) in [7, 11) is 0. The normalized spacial score (nSPS) is 9.78. The predicted molar refractivity (Wildman–Crippen MR) is 85.1 cm³/mol. The maximum absolute atomic E-state index is 13.8. The van der Waals surface area contributed by atoms with E-state index in [-0.39, 0.29) is 16.9 Å². The lowest BCUT2D eigenvalue weighted by molar-refractivity contribution is 0.121. The van der Waals surface area contributed by atoms with Crippen molar-refractivity contribution in [1.29, 1.82) is 5.26 Å². The van der Waals surface area contributed by atoms with Gasteiger partial charge in [0.25, 0.3) is 0 Å². The quantitative estimate of drug-likeness (QED) is 0.691. The maximum Gasteiger partial charge on any atom is 0.140 e. The van der Waals surface area contributed by atoms with Crippen molar-refractivity contribution in [2.24, 2.45) is 0 Å². The van der Waals surface area contributed by atoms with Gasteiger partial charge in [-0.05, 0) is 42.3 Å². The Morgan fingerprint density at radius 2 is 2.00 bits per heavy atom. The summed E-state index contributed by atoms with van der Waals surface area (Å²) >= 11 is 0. The first-order valence-corrected chi connectivity index (χ1v) is 7.26. The molecular formula is C19H16FNO2. The number of hydrogen-bond acceptors (Lipinski definition) is 3. The fraction of sp³-hybridized carbons (Fsp3) is 0.211. The van der Waals surface area contributed by atoms with Crippen LogP contribution in [0.25, 0.3) is 0 Å². The fourth-order valence-corrected chi connectivity index (χ4v) is 2.02. The number of halogens is 1. The van der Waals surface area contributed by atoms with Crippen molar-refractivity contribution in [3.05, 3.63) is 64.5 Å². The molecule has 3 nitrogen and oxygen atoms in total. The number of ether oxygens (including phenoxy) is 1. The maximum atomic E-state index is 13.8. The van der Waals surface area contributed by atoms with E-state index in [0.29, 0.717) is 18.8 Å². The first kappa shape index (κ1) is 16.5. The van der Waals surface area contributed by atoms with Crippen molar-refractivity contribution >= 4 is 0 Å². The van der Waals surface area contributed by atoms with Crippen LogP contribution < -0.4 is 0 Å². The molecule has 0 spiro atoms. The number of phenols is 1. The Morgan fingerprint density at radius 3 is 2.74 bits per heavy atom. The summed E-state index contributed by atoms with van der Waals surface area (Å²) in [5.74, 6) is 5.17.